The summed E-state index contributed by atoms with van der Waals surface area (Å²) in [6.45, 7) is 8.72. The lowest BCUT2D eigenvalue weighted by Gasteiger charge is -2.21. The fourth-order valence-corrected chi connectivity index (χ4v) is 3.22. The van der Waals surface area contributed by atoms with Crippen LogP contribution in [0.2, 0.25) is 5.02 Å². The van der Waals surface area contributed by atoms with E-state index in [1.165, 1.54) is 11.8 Å². The van der Waals surface area contributed by atoms with Gasteiger partial charge in [-0.15, -0.1) is 10.2 Å². The molecular formula is C17H22ClN3O3S. The highest BCUT2D eigenvalue weighted by atomic mass is 35.5. The van der Waals surface area contributed by atoms with Crippen molar-refractivity contribution in [1.29, 1.82) is 0 Å². The lowest BCUT2D eigenvalue weighted by atomic mass is 10.2. The molecule has 0 aliphatic rings. The van der Waals surface area contributed by atoms with Gasteiger partial charge in [-0.2, -0.15) is 0 Å². The van der Waals surface area contributed by atoms with E-state index in [2.05, 4.69) is 10.2 Å². The summed E-state index contributed by atoms with van der Waals surface area (Å²) in [6.07, 6.45) is 0. The molecule has 25 heavy (non-hydrogen) atoms. The van der Waals surface area contributed by atoms with Crippen LogP contribution in [0.4, 0.5) is 0 Å². The average molecular weight is 384 g/mol. The van der Waals surface area contributed by atoms with Crippen LogP contribution in [0, 0.1) is 0 Å². The van der Waals surface area contributed by atoms with E-state index in [1.807, 2.05) is 25.3 Å². The number of aromatic nitrogens is 3. The first kappa shape index (κ1) is 19.6. The normalized spacial score (nSPS) is 11.4. The van der Waals surface area contributed by atoms with Crippen LogP contribution in [0.25, 0.3) is 0 Å². The maximum Gasteiger partial charge on any atom is 0.322 e. The van der Waals surface area contributed by atoms with Crippen molar-refractivity contribution in [3.63, 3.8) is 0 Å². The van der Waals surface area contributed by atoms with E-state index in [-0.39, 0.29) is 12.6 Å². The molecule has 1 aromatic heterocycles. The second kappa shape index (κ2) is 8.58. The number of halogens is 1. The standard InChI is InChI=1S/C17H22ClN3O3S/c1-5-21-14(11-24-13-9-7-12(18)8-10-13)19-20-16(21)25-17(3,4)15(22)23-6-2/h7-10H,5-6,11H2,1-4H3. The molecule has 0 bridgehead atoms. The van der Waals surface area contributed by atoms with Crippen molar-refractivity contribution in [2.45, 2.75) is 50.8 Å². The molecule has 2 aromatic rings. The van der Waals surface area contributed by atoms with Crippen LogP contribution in [0.5, 0.6) is 5.75 Å². The molecule has 0 saturated heterocycles. The number of ether oxygens (including phenoxy) is 2. The van der Waals surface area contributed by atoms with Crippen molar-refractivity contribution < 1.29 is 14.3 Å². The Labute approximate surface area is 156 Å². The minimum absolute atomic E-state index is 0.274. The van der Waals surface area contributed by atoms with Gasteiger partial charge in [0.15, 0.2) is 11.0 Å². The minimum atomic E-state index is -0.746. The second-order valence-corrected chi connectivity index (χ2v) is 7.74. The smallest absolute Gasteiger partial charge is 0.322 e. The van der Waals surface area contributed by atoms with E-state index in [4.69, 9.17) is 21.1 Å². The van der Waals surface area contributed by atoms with E-state index in [9.17, 15) is 4.79 Å². The monoisotopic (exact) mass is 383 g/mol. The molecule has 1 heterocycles. The van der Waals surface area contributed by atoms with E-state index in [0.29, 0.717) is 34.9 Å². The minimum Gasteiger partial charge on any atom is -0.486 e. The van der Waals surface area contributed by atoms with Crippen molar-refractivity contribution in [1.82, 2.24) is 14.8 Å². The molecule has 1 aromatic carbocycles. The summed E-state index contributed by atoms with van der Waals surface area (Å²) in [6, 6.07) is 7.14. The summed E-state index contributed by atoms with van der Waals surface area (Å²) in [5.41, 5.74) is 0. The van der Waals surface area contributed by atoms with Crippen LogP contribution < -0.4 is 4.74 Å². The highest BCUT2D eigenvalue weighted by Crippen LogP contribution is 2.33. The van der Waals surface area contributed by atoms with Gasteiger partial charge >= 0.3 is 5.97 Å². The Hall–Kier alpha value is -1.73. The number of esters is 1. The van der Waals surface area contributed by atoms with Gasteiger partial charge in [0, 0.05) is 11.6 Å². The molecule has 8 heteroatoms. The number of nitrogens with zero attached hydrogens (tertiary/aromatic N) is 3. The van der Waals surface area contributed by atoms with Crippen molar-refractivity contribution in [2.75, 3.05) is 6.61 Å². The molecule has 0 fully saturated rings. The molecule has 2 rings (SSSR count). The maximum absolute atomic E-state index is 12.1. The number of thioether (sulfide) groups is 1. The van der Waals surface area contributed by atoms with Crippen molar-refractivity contribution in [3.8, 4) is 5.75 Å². The van der Waals surface area contributed by atoms with Crippen LogP contribution in [-0.4, -0.2) is 32.1 Å². The number of benzene rings is 1. The fraction of sp³-hybridized carbons (Fsp3) is 0.471. The Morgan fingerprint density at radius 3 is 2.52 bits per heavy atom. The molecule has 0 N–H and O–H groups in total. The lowest BCUT2D eigenvalue weighted by Crippen LogP contribution is -2.30. The van der Waals surface area contributed by atoms with Gasteiger partial charge in [-0.25, -0.2) is 0 Å². The summed E-state index contributed by atoms with van der Waals surface area (Å²) in [4.78, 5) is 12.1. The first-order chi connectivity index (χ1) is 11.9. The highest BCUT2D eigenvalue weighted by molar-refractivity contribution is 8.01. The van der Waals surface area contributed by atoms with Crippen LogP contribution in [0.15, 0.2) is 29.4 Å². The Kier molecular flexibility index (Phi) is 6.72. The summed E-state index contributed by atoms with van der Waals surface area (Å²) in [7, 11) is 0. The second-order valence-electron chi connectivity index (χ2n) is 5.72. The van der Waals surface area contributed by atoms with E-state index < -0.39 is 4.75 Å². The van der Waals surface area contributed by atoms with Gasteiger partial charge in [-0.3, -0.25) is 4.79 Å². The molecule has 0 spiro atoms. The Morgan fingerprint density at radius 2 is 1.92 bits per heavy atom. The van der Waals surface area contributed by atoms with E-state index in [0.717, 1.165) is 0 Å². The predicted molar refractivity (Wildman–Crippen MR) is 98.0 cm³/mol. The van der Waals surface area contributed by atoms with Crippen LogP contribution >= 0.6 is 23.4 Å². The molecule has 136 valence electrons. The van der Waals surface area contributed by atoms with Crippen LogP contribution in [-0.2, 0) is 22.7 Å². The summed E-state index contributed by atoms with van der Waals surface area (Å²) in [5.74, 6) is 1.13. The Balaban J connectivity index is 2.09. The third-order valence-corrected chi connectivity index (χ3v) is 4.82. The van der Waals surface area contributed by atoms with Gasteiger partial charge < -0.3 is 14.0 Å². The summed E-state index contributed by atoms with van der Waals surface area (Å²) < 4.78 is 12.0. The first-order valence-electron chi connectivity index (χ1n) is 8.04. The number of carbonyl (C=O) groups excluding carboxylic acids is 1. The molecule has 0 amide bonds. The number of carbonyl (C=O) groups is 1. The summed E-state index contributed by atoms with van der Waals surface area (Å²) in [5, 5.41) is 9.72. The lowest BCUT2D eigenvalue weighted by molar-refractivity contribution is -0.145. The van der Waals surface area contributed by atoms with Crippen LogP contribution in [0.3, 0.4) is 0 Å². The van der Waals surface area contributed by atoms with Gasteiger partial charge in [0.25, 0.3) is 0 Å². The number of hydrogen-bond donors (Lipinski definition) is 0. The van der Waals surface area contributed by atoms with Gasteiger partial charge in [0.1, 0.15) is 17.1 Å². The largest absolute Gasteiger partial charge is 0.486 e. The van der Waals surface area contributed by atoms with Crippen molar-refractivity contribution in [2.24, 2.45) is 0 Å². The SMILES string of the molecule is CCOC(=O)C(C)(C)Sc1nnc(COc2ccc(Cl)cc2)n1CC. The molecular weight excluding hydrogens is 362 g/mol. The Bertz CT molecular complexity index is 716. The zero-order valence-corrected chi connectivity index (χ0v) is 16.4. The molecule has 0 radical (unpaired) electrons. The zero-order valence-electron chi connectivity index (χ0n) is 14.8. The third-order valence-electron chi connectivity index (χ3n) is 3.40. The van der Waals surface area contributed by atoms with Gasteiger partial charge in [-0.1, -0.05) is 23.4 Å². The first-order valence-corrected chi connectivity index (χ1v) is 9.23. The predicted octanol–water partition coefficient (Wildman–Crippen LogP) is 3.96. The molecule has 0 aliphatic heterocycles. The molecule has 0 saturated carbocycles. The zero-order chi connectivity index (χ0) is 18.4. The van der Waals surface area contributed by atoms with Gasteiger partial charge in [-0.05, 0) is 52.0 Å². The maximum atomic E-state index is 12.1. The van der Waals surface area contributed by atoms with E-state index in [1.54, 1.807) is 31.2 Å². The molecule has 0 aliphatic carbocycles. The van der Waals surface area contributed by atoms with Crippen molar-refractivity contribution >= 4 is 29.3 Å². The molecule has 6 nitrogen and oxygen atoms in total. The summed E-state index contributed by atoms with van der Waals surface area (Å²) >= 11 is 7.20. The number of hydrogen-bond acceptors (Lipinski definition) is 6. The third kappa shape index (κ3) is 5.12. The highest BCUT2D eigenvalue weighted by Gasteiger charge is 2.33. The van der Waals surface area contributed by atoms with E-state index >= 15 is 0 Å². The van der Waals surface area contributed by atoms with Crippen LogP contribution in [0.1, 0.15) is 33.5 Å². The molecule has 0 atom stereocenters. The quantitative estimate of drug-likeness (QED) is 0.507. The number of rotatable bonds is 8. The molecule has 0 unspecified atom stereocenters. The topological polar surface area (TPSA) is 66.2 Å². The average Bonchev–Trinajstić information content (AvgIpc) is 2.95. The van der Waals surface area contributed by atoms with Crippen molar-refractivity contribution in [3.05, 3.63) is 35.1 Å². The fourth-order valence-electron chi connectivity index (χ4n) is 2.07. The van der Waals surface area contributed by atoms with Gasteiger partial charge in [0.2, 0.25) is 0 Å². The van der Waals surface area contributed by atoms with Gasteiger partial charge in [0.05, 0.1) is 6.61 Å². The Morgan fingerprint density at radius 1 is 1.24 bits per heavy atom.